The van der Waals surface area contributed by atoms with Crippen LogP contribution >= 0.6 is 0 Å². The zero-order chi connectivity index (χ0) is 9.26. The molecule has 0 radical (unpaired) electrons. The molecule has 1 N–H and O–H groups in total. The van der Waals surface area contributed by atoms with Crippen molar-refractivity contribution in [2.45, 2.75) is 5.92 Å². The molecule has 68 valence electrons. The number of hydrogen-bond donors (Lipinski definition) is 1. The van der Waals surface area contributed by atoms with E-state index in [4.69, 9.17) is 0 Å². The first kappa shape index (κ1) is 8.23. The van der Waals surface area contributed by atoms with Crippen LogP contribution in [0.5, 0.6) is 0 Å². The van der Waals surface area contributed by atoms with Crippen LogP contribution in [-0.4, -0.2) is 6.54 Å². The Labute approximate surface area is 75.1 Å². The Balaban J connectivity index is 2.37. The SMILES string of the molecule is Fc1ccc(F)c(C2C=CNC2)c1. The van der Waals surface area contributed by atoms with Gasteiger partial charge in [-0.25, -0.2) is 8.78 Å². The second-order valence-corrected chi connectivity index (χ2v) is 3.04. The average molecular weight is 181 g/mol. The van der Waals surface area contributed by atoms with Crippen LogP contribution in [0.25, 0.3) is 0 Å². The number of halogens is 2. The molecule has 1 nitrogen and oxygen atoms in total. The van der Waals surface area contributed by atoms with Crippen LogP contribution in [-0.2, 0) is 0 Å². The van der Waals surface area contributed by atoms with Crippen LogP contribution in [0.15, 0.2) is 30.5 Å². The summed E-state index contributed by atoms with van der Waals surface area (Å²) in [7, 11) is 0. The van der Waals surface area contributed by atoms with E-state index in [-0.39, 0.29) is 11.7 Å². The summed E-state index contributed by atoms with van der Waals surface area (Å²) in [5, 5.41) is 2.95. The molecule has 1 heterocycles. The van der Waals surface area contributed by atoms with Crippen molar-refractivity contribution in [3.05, 3.63) is 47.7 Å². The van der Waals surface area contributed by atoms with Crippen molar-refractivity contribution in [2.24, 2.45) is 0 Å². The van der Waals surface area contributed by atoms with Gasteiger partial charge in [-0.15, -0.1) is 0 Å². The van der Waals surface area contributed by atoms with Crippen LogP contribution in [0.2, 0.25) is 0 Å². The van der Waals surface area contributed by atoms with Gasteiger partial charge in [0.05, 0.1) is 0 Å². The highest BCUT2D eigenvalue weighted by Gasteiger charge is 2.15. The largest absolute Gasteiger partial charge is 0.390 e. The molecule has 1 aromatic rings. The zero-order valence-electron chi connectivity index (χ0n) is 6.93. The van der Waals surface area contributed by atoms with E-state index in [9.17, 15) is 8.78 Å². The minimum absolute atomic E-state index is 0.0456. The molecule has 0 aliphatic carbocycles. The third-order valence-corrected chi connectivity index (χ3v) is 2.14. The highest BCUT2D eigenvalue weighted by molar-refractivity contribution is 5.28. The van der Waals surface area contributed by atoms with Gasteiger partial charge in [0, 0.05) is 12.5 Å². The van der Waals surface area contributed by atoms with Gasteiger partial charge in [-0.05, 0) is 30.0 Å². The topological polar surface area (TPSA) is 12.0 Å². The highest BCUT2D eigenvalue weighted by Crippen LogP contribution is 2.23. The molecule has 2 rings (SSSR count). The molecule has 3 heteroatoms. The predicted octanol–water partition coefficient (Wildman–Crippen LogP) is 2.17. The average Bonchev–Trinajstić information content (AvgIpc) is 2.61. The highest BCUT2D eigenvalue weighted by atomic mass is 19.1. The number of benzene rings is 1. The van der Waals surface area contributed by atoms with Gasteiger partial charge in [0.15, 0.2) is 0 Å². The van der Waals surface area contributed by atoms with Gasteiger partial charge in [0.2, 0.25) is 0 Å². The Kier molecular flexibility index (Phi) is 2.00. The molecule has 0 spiro atoms. The molecular weight excluding hydrogens is 172 g/mol. The summed E-state index contributed by atoms with van der Waals surface area (Å²) in [4.78, 5) is 0. The smallest absolute Gasteiger partial charge is 0.127 e. The Morgan fingerprint density at radius 3 is 2.85 bits per heavy atom. The zero-order valence-corrected chi connectivity index (χ0v) is 6.93. The Hall–Kier alpha value is -1.38. The summed E-state index contributed by atoms with van der Waals surface area (Å²) < 4.78 is 26.0. The molecule has 1 atom stereocenters. The molecule has 0 saturated heterocycles. The van der Waals surface area contributed by atoms with Gasteiger partial charge in [-0.2, -0.15) is 0 Å². The second-order valence-electron chi connectivity index (χ2n) is 3.04. The number of rotatable bonds is 1. The minimum atomic E-state index is -0.392. The van der Waals surface area contributed by atoms with E-state index < -0.39 is 5.82 Å². The molecule has 0 amide bonds. The summed E-state index contributed by atoms with van der Waals surface area (Å²) in [6.45, 7) is 0.639. The van der Waals surface area contributed by atoms with Gasteiger partial charge < -0.3 is 5.32 Å². The maximum atomic E-state index is 13.2. The maximum Gasteiger partial charge on any atom is 0.127 e. The van der Waals surface area contributed by atoms with Crippen LogP contribution < -0.4 is 5.32 Å². The van der Waals surface area contributed by atoms with Gasteiger partial charge >= 0.3 is 0 Å². The molecule has 13 heavy (non-hydrogen) atoms. The second kappa shape index (κ2) is 3.17. The quantitative estimate of drug-likeness (QED) is 0.700. The lowest BCUT2D eigenvalue weighted by Gasteiger charge is -2.08. The van der Waals surface area contributed by atoms with Crippen molar-refractivity contribution in [1.82, 2.24) is 5.32 Å². The van der Waals surface area contributed by atoms with E-state index in [1.807, 2.05) is 6.08 Å². The monoisotopic (exact) mass is 181 g/mol. The molecule has 1 aliphatic heterocycles. The first-order chi connectivity index (χ1) is 6.27. The lowest BCUT2D eigenvalue weighted by atomic mass is 10.00. The van der Waals surface area contributed by atoms with E-state index in [1.54, 1.807) is 6.20 Å². The van der Waals surface area contributed by atoms with E-state index in [0.29, 0.717) is 12.1 Å². The molecule has 0 bridgehead atoms. The first-order valence-corrected chi connectivity index (χ1v) is 4.12. The maximum absolute atomic E-state index is 13.2. The Morgan fingerprint density at radius 1 is 1.31 bits per heavy atom. The molecule has 0 fully saturated rings. The first-order valence-electron chi connectivity index (χ1n) is 4.12. The van der Waals surface area contributed by atoms with Crippen molar-refractivity contribution in [1.29, 1.82) is 0 Å². The molecule has 1 unspecified atom stereocenters. The Morgan fingerprint density at radius 2 is 2.15 bits per heavy atom. The van der Waals surface area contributed by atoms with Crippen molar-refractivity contribution in [3.8, 4) is 0 Å². The van der Waals surface area contributed by atoms with Crippen LogP contribution in [0.1, 0.15) is 11.5 Å². The van der Waals surface area contributed by atoms with E-state index in [0.717, 1.165) is 12.1 Å². The summed E-state index contributed by atoms with van der Waals surface area (Å²) >= 11 is 0. The number of nitrogens with one attached hydrogen (secondary N) is 1. The summed E-state index contributed by atoms with van der Waals surface area (Å²) in [6, 6.07) is 3.54. The molecule has 0 saturated carbocycles. The van der Waals surface area contributed by atoms with Gasteiger partial charge in [0.25, 0.3) is 0 Å². The normalized spacial score (nSPS) is 20.3. The van der Waals surface area contributed by atoms with E-state index in [1.165, 1.54) is 6.07 Å². The molecule has 1 aliphatic rings. The lowest BCUT2D eigenvalue weighted by Crippen LogP contribution is -2.08. The number of hydrogen-bond acceptors (Lipinski definition) is 1. The fraction of sp³-hybridized carbons (Fsp3) is 0.200. The summed E-state index contributed by atoms with van der Waals surface area (Å²) in [6.07, 6.45) is 3.59. The fourth-order valence-electron chi connectivity index (χ4n) is 1.46. The Bertz CT molecular complexity index is 347. The molecule has 0 aromatic heterocycles. The van der Waals surface area contributed by atoms with E-state index >= 15 is 0 Å². The van der Waals surface area contributed by atoms with Gasteiger partial charge in [0.1, 0.15) is 11.6 Å². The third-order valence-electron chi connectivity index (χ3n) is 2.14. The van der Waals surface area contributed by atoms with Crippen LogP contribution in [0.4, 0.5) is 8.78 Å². The fourth-order valence-corrected chi connectivity index (χ4v) is 1.46. The van der Waals surface area contributed by atoms with Crippen molar-refractivity contribution >= 4 is 0 Å². The summed E-state index contributed by atoms with van der Waals surface area (Å²) in [5.41, 5.74) is 0.418. The van der Waals surface area contributed by atoms with Gasteiger partial charge in [-0.3, -0.25) is 0 Å². The standard InChI is InChI=1S/C10H9F2N/c11-8-1-2-10(12)9(5-8)7-3-4-13-6-7/h1-5,7,13H,6H2. The van der Waals surface area contributed by atoms with Gasteiger partial charge in [-0.1, -0.05) is 6.08 Å². The van der Waals surface area contributed by atoms with E-state index in [2.05, 4.69) is 5.32 Å². The van der Waals surface area contributed by atoms with Crippen molar-refractivity contribution in [2.75, 3.05) is 6.54 Å². The predicted molar refractivity (Wildman–Crippen MR) is 46.2 cm³/mol. The van der Waals surface area contributed by atoms with Crippen LogP contribution in [0.3, 0.4) is 0 Å². The molecule has 1 aromatic carbocycles. The van der Waals surface area contributed by atoms with Crippen LogP contribution in [0, 0.1) is 11.6 Å². The van der Waals surface area contributed by atoms with Crippen molar-refractivity contribution in [3.63, 3.8) is 0 Å². The third kappa shape index (κ3) is 1.54. The minimum Gasteiger partial charge on any atom is -0.390 e. The van der Waals surface area contributed by atoms with Crippen molar-refractivity contribution < 1.29 is 8.78 Å². The molecular formula is C10H9F2N. The lowest BCUT2D eigenvalue weighted by molar-refractivity contribution is 0.577. The summed E-state index contributed by atoms with van der Waals surface area (Å²) in [5.74, 6) is -0.785.